The van der Waals surface area contributed by atoms with E-state index in [0.29, 0.717) is 5.82 Å². The Kier molecular flexibility index (Phi) is 4.83. The fraction of sp³-hybridized carbons (Fsp3) is 0.462. The second-order valence-corrected chi connectivity index (χ2v) is 4.58. The second-order valence-electron chi connectivity index (χ2n) is 4.58. The zero-order chi connectivity index (χ0) is 13.7. The van der Waals surface area contributed by atoms with Gasteiger partial charge < -0.3 is 10.6 Å². The molecule has 1 atom stereocenters. The van der Waals surface area contributed by atoms with E-state index in [1.54, 1.807) is 6.07 Å². The smallest absolute Gasteiger partial charge is 0.248 e. The molecule has 2 amide bonds. The van der Waals surface area contributed by atoms with Crippen LogP contribution in [0.3, 0.4) is 0 Å². The van der Waals surface area contributed by atoms with Crippen LogP contribution in [0.5, 0.6) is 0 Å². The summed E-state index contributed by atoms with van der Waals surface area (Å²) in [6.07, 6.45) is 0. The Morgan fingerprint density at radius 3 is 2.44 bits per heavy atom. The van der Waals surface area contributed by atoms with Crippen LogP contribution in [-0.2, 0) is 9.59 Å². The number of amides is 2. The van der Waals surface area contributed by atoms with Gasteiger partial charge in [-0.1, -0.05) is 19.9 Å². The van der Waals surface area contributed by atoms with Crippen molar-refractivity contribution in [2.45, 2.75) is 33.7 Å². The first-order chi connectivity index (χ1) is 8.40. The number of carbonyl (C=O) groups excluding carboxylic acids is 2. The van der Waals surface area contributed by atoms with E-state index in [0.717, 1.165) is 5.69 Å². The van der Waals surface area contributed by atoms with Gasteiger partial charge in [0.2, 0.25) is 11.8 Å². The molecule has 98 valence electrons. The molecule has 0 fully saturated rings. The van der Waals surface area contributed by atoms with Crippen LogP contribution in [0.15, 0.2) is 18.2 Å². The monoisotopic (exact) mass is 249 g/mol. The minimum Gasteiger partial charge on any atom is -0.344 e. The van der Waals surface area contributed by atoms with Crippen LogP contribution in [0, 0.1) is 12.8 Å². The van der Waals surface area contributed by atoms with Crippen LogP contribution >= 0.6 is 0 Å². The maximum atomic E-state index is 12.0. The zero-order valence-corrected chi connectivity index (χ0v) is 11.2. The molecule has 0 saturated heterocycles. The van der Waals surface area contributed by atoms with Crippen LogP contribution in [0.1, 0.15) is 26.5 Å². The van der Waals surface area contributed by atoms with Gasteiger partial charge in [-0.25, -0.2) is 4.98 Å². The third-order valence-corrected chi connectivity index (χ3v) is 2.45. The van der Waals surface area contributed by atoms with Crippen molar-refractivity contribution < 1.29 is 9.59 Å². The predicted molar refractivity (Wildman–Crippen MR) is 70.0 cm³/mol. The van der Waals surface area contributed by atoms with Gasteiger partial charge in [0.25, 0.3) is 0 Å². The molecule has 0 saturated carbocycles. The number of hydrogen-bond acceptors (Lipinski definition) is 3. The van der Waals surface area contributed by atoms with E-state index in [1.807, 2.05) is 32.9 Å². The van der Waals surface area contributed by atoms with E-state index in [1.165, 1.54) is 6.92 Å². The van der Waals surface area contributed by atoms with Gasteiger partial charge in [0, 0.05) is 12.6 Å². The SMILES string of the molecule is CC(=O)N[C@H](C(=O)Nc1cccc(C)n1)C(C)C. The Morgan fingerprint density at radius 1 is 1.28 bits per heavy atom. The fourth-order valence-corrected chi connectivity index (χ4v) is 1.57. The second kappa shape index (κ2) is 6.14. The summed E-state index contributed by atoms with van der Waals surface area (Å²) in [5.41, 5.74) is 0.827. The summed E-state index contributed by atoms with van der Waals surface area (Å²) < 4.78 is 0. The number of rotatable bonds is 4. The topological polar surface area (TPSA) is 71.1 Å². The van der Waals surface area contributed by atoms with Crippen LogP contribution in [0.25, 0.3) is 0 Å². The largest absolute Gasteiger partial charge is 0.344 e. The normalized spacial score (nSPS) is 12.1. The highest BCUT2D eigenvalue weighted by molar-refractivity contribution is 5.96. The van der Waals surface area contributed by atoms with Gasteiger partial charge in [-0.05, 0) is 25.0 Å². The molecule has 0 spiro atoms. The lowest BCUT2D eigenvalue weighted by Gasteiger charge is -2.20. The van der Waals surface area contributed by atoms with Crippen LogP contribution in [0.2, 0.25) is 0 Å². The van der Waals surface area contributed by atoms with Crippen LogP contribution in [0.4, 0.5) is 5.82 Å². The molecule has 0 aliphatic rings. The van der Waals surface area contributed by atoms with Crippen molar-refractivity contribution >= 4 is 17.6 Å². The molecule has 0 aromatic carbocycles. The first kappa shape index (κ1) is 14.2. The number of nitrogens with zero attached hydrogens (tertiary/aromatic N) is 1. The minimum atomic E-state index is -0.551. The van der Waals surface area contributed by atoms with Gasteiger partial charge >= 0.3 is 0 Å². The molecule has 0 aliphatic carbocycles. The van der Waals surface area contributed by atoms with Gasteiger partial charge in [0.05, 0.1) is 0 Å². The highest BCUT2D eigenvalue weighted by Gasteiger charge is 2.23. The molecule has 5 nitrogen and oxygen atoms in total. The number of carbonyl (C=O) groups is 2. The minimum absolute atomic E-state index is 0.0127. The summed E-state index contributed by atoms with van der Waals surface area (Å²) >= 11 is 0. The molecule has 1 heterocycles. The Balaban J connectivity index is 2.75. The first-order valence-corrected chi connectivity index (χ1v) is 5.91. The van der Waals surface area contributed by atoms with E-state index in [4.69, 9.17) is 0 Å². The molecule has 1 aromatic heterocycles. The van der Waals surface area contributed by atoms with Crippen molar-refractivity contribution in [3.8, 4) is 0 Å². The number of aromatic nitrogens is 1. The summed E-state index contributed by atoms with van der Waals surface area (Å²) in [6.45, 7) is 7.00. The number of pyridine rings is 1. The van der Waals surface area contributed by atoms with Crippen LogP contribution in [-0.4, -0.2) is 22.8 Å². The van der Waals surface area contributed by atoms with Crippen molar-refractivity contribution in [3.63, 3.8) is 0 Å². The van der Waals surface area contributed by atoms with E-state index >= 15 is 0 Å². The summed E-state index contributed by atoms with van der Waals surface area (Å²) in [5, 5.41) is 5.34. The molecule has 0 radical (unpaired) electrons. The molecular weight excluding hydrogens is 230 g/mol. The Morgan fingerprint density at radius 2 is 1.94 bits per heavy atom. The fourth-order valence-electron chi connectivity index (χ4n) is 1.57. The molecule has 0 unspecified atom stereocenters. The van der Waals surface area contributed by atoms with Crippen LogP contribution < -0.4 is 10.6 Å². The summed E-state index contributed by atoms with van der Waals surface area (Å²) in [7, 11) is 0. The summed E-state index contributed by atoms with van der Waals surface area (Å²) in [4.78, 5) is 27.3. The first-order valence-electron chi connectivity index (χ1n) is 5.91. The third-order valence-electron chi connectivity index (χ3n) is 2.45. The van der Waals surface area contributed by atoms with Gasteiger partial charge in [-0.3, -0.25) is 9.59 Å². The van der Waals surface area contributed by atoms with Crippen molar-refractivity contribution in [2.75, 3.05) is 5.32 Å². The van der Waals surface area contributed by atoms with Crippen molar-refractivity contribution in [2.24, 2.45) is 5.92 Å². The highest BCUT2D eigenvalue weighted by atomic mass is 16.2. The van der Waals surface area contributed by atoms with E-state index in [-0.39, 0.29) is 17.7 Å². The van der Waals surface area contributed by atoms with Gasteiger partial charge in [-0.2, -0.15) is 0 Å². The molecule has 0 aliphatic heterocycles. The van der Waals surface area contributed by atoms with E-state index < -0.39 is 6.04 Å². The summed E-state index contributed by atoms with van der Waals surface area (Å²) in [5.74, 6) is 0.0362. The Bertz CT molecular complexity index is 444. The number of nitrogens with one attached hydrogen (secondary N) is 2. The van der Waals surface area contributed by atoms with Gasteiger partial charge in [-0.15, -0.1) is 0 Å². The molecule has 2 N–H and O–H groups in total. The Labute approximate surface area is 107 Å². The van der Waals surface area contributed by atoms with Crippen molar-refractivity contribution in [1.29, 1.82) is 0 Å². The lowest BCUT2D eigenvalue weighted by Crippen LogP contribution is -2.46. The van der Waals surface area contributed by atoms with Crippen molar-refractivity contribution in [1.82, 2.24) is 10.3 Å². The molecule has 1 aromatic rings. The third kappa shape index (κ3) is 4.16. The molecule has 5 heteroatoms. The van der Waals surface area contributed by atoms with E-state index in [2.05, 4.69) is 15.6 Å². The number of anilines is 1. The number of aryl methyl sites for hydroxylation is 1. The lowest BCUT2D eigenvalue weighted by molar-refractivity contribution is -0.126. The summed E-state index contributed by atoms with van der Waals surface area (Å²) in [6, 6.07) is 4.84. The molecule has 1 rings (SSSR count). The zero-order valence-electron chi connectivity index (χ0n) is 11.2. The molecular formula is C13H19N3O2. The predicted octanol–water partition coefficient (Wildman–Crippen LogP) is 1.49. The van der Waals surface area contributed by atoms with E-state index in [9.17, 15) is 9.59 Å². The highest BCUT2D eigenvalue weighted by Crippen LogP contribution is 2.08. The lowest BCUT2D eigenvalue weighted by atomic mass is 10.0. The molecule has 18 heavy (non-hydrogen) atoms. The Hall–Kier alpha value is -1.91. The maximum absolute atomic E-state index is 12.0. The average Bonchev–Trinajstić information content (AvgIpc) is 2.25. The maximum Gasteiger partial charge on any atom is 0.248 e. The quantitative estimate of drug-likeness (QED) is 0.849. The number of hydrogen-bond donors (Lipinski definition) is 2. The van der Waals surface area contributed by atoms with Gasteiger partial charge in [0.15, 0.2) is 0 Å². The molecule has 0 bridgehead atoms. The van der Waals surface area contributed by atoms with Gasteiger partial charge in [0.1, 0.15) is 11.9 Å². The average molecular weight is 249 g/mol. The standard InChI is InChI=1S/C13H19N3O2/c1-8(2)12(15-10(4)17)13(18)16-11-7-5-6-9(3)14-11/h5-8,12H,1-4H3,(H,15,17)(H,14,16,18)/t12-/m0/s1. The van der Waals surface area contributed by atoms with Crippen molar-refractivity contribution in [3.05, 3.63) is 23.9 Å².